The molecule has 5 rings (SSSR count). The third kappa shape index (κ3) is 13.8. The van der Waals surface area contributed by atoms with Crippen LogP contribution in [-0.4, -0.2) is 153 Å². The number of fused-ring (bicyclic) bond motifs is 1. The van der Waals surface area contributed by atoms with Gasteiger partial charge in [0.2, 0.25) is 5.91 Å². The minimum Gasteiger partial charge on any atom is -0.458 e. The number of aromatic nitrogens is 3. The van der Waals surface area contributed by atoms with E-state index in [0.29, 0.717) is 50.2 Å². The van der Waals surface area contributed by atoms with Crippen molar-refractivity contribution in [2.75, 3.05) is 40.0 Å². The van der Waals surface area contributed by atoms with Crippen LogP contribution in [-0.2, 0) is 44.6 Å². The summed E-state index contributed by atoms with van der Waals surface area (Å²) in [6.45, 7) is 17.0. The number of aliphatic hydroxyl groups excluding tert-OH is 1. The summed E-state index contributed by atoms with van der Waals surface area (Å²) in [4.78, 5) is 61.7. The maximum absolute atomic E-state index is 14.5. The molecule has 17 nitrogen and oxygen atoms in total. The number of rotatable bonds is 11. The maximum Gasteiger partial charge on any atom is 0.410 e. The lowest BCUT2D eigenvalue weighted by Crippen LogP contribution is -2.62. The Kier molecular flexibility index (Phi) is 24.4. The van der Waals surface area contributed by atoms with Crippen LogP contribution in [0.25, 0.3) is 11.3 Å². The van der Waals surface area contributed by atoms with Crippen molar-refractivity contribution in [3.05, 3.63) is 30.5 Å². The molecule has 67 heavy (non-hydrogen) atoms. The minimum absolute atomic E-state index is 0. The summed E-state index contributed by atoms with van der Waals surface area (Å²) in [5.74, 6) is -3.84. The molecular weight excluding hydrogens is 859 g/mol. The molecule has 17 heteroatoms. The number of amides is 2. The molecule has 0 bridgehead atoms. The second kappa shape index (κ2) is 26.0. The predicted octanol–water partition coefficient (Wildman–Crippen LogP) is 7.72. The van der Waals surface area contributed by atoms with Gasteiger partial charge in [-0.05, 0) is 98.9 Å². The molecule has 1 aromatic heterocycles. The Labute approximate surface area is 403 Å². The number of nitrogens with zero attached hydrogens (tertiary/aromatic N) is 6. The Balaban J connectivity index is 0.00000871. The second-order valence-electron chi connectivity index (χ2n) is 18.5. The minimum atomic E-state index is -1.40. The standard InChI is InChI=1S/C45H71N7O10.5CH4/c1-13-36-45(9)39(51(43(57)62-45)20-15-14-19-50-25-34(47-48-50)32-17-16-18-33(46)22-32)30(6)52(31(7)53)24-26(2)23-44(8,58-12)40(28(4)37(54)29(5)41(56)60-36)61-42-38(55)35(49(10)11)21-27(3)59-42;;;;;/h16-18,22,25-30,35-36,38-40,42,55H,13-15,19-21,23-24,46H2,1-12H3;5*1H4/t26-,27?,28-,29-,30-,35?,36-,38?,39-,40-,42+,44-,45-;;;;;/m1...../s1. The fourth-order valence-corrected chi connectivity index (χ4v) is 10.0. The molecule has 0 spiro atoms. The van der Waals surface area contributed by atoms with Crippen LogP contribution < -0.4 is 5.73 Å². The monoisotopic (exact) mass is 950 g/mol. The van der Waals surface area contributed by atoms with E-state index in [1.165, 1.54) is 13.8 Å². The summed E-state index contributed by atoms with van der Waals surface area (Å²) in [5, 5.41) is 20.1. The van der Waals surface area contributed by atoms with Gasteiger partial charge < -0.3 is 44.3 Å². The molecule has 2 amide bonds. The molecule has 3 N–H and O–H groups in total. The zero-order valence-electron chi connectivity index (χ0n) is 38.8. The molecule has 0 aliphatic carbocycles. The van der Waals surface area contributed by atoms with E-state index in [2.05, 4.69) is 10.3 Å². The van der Waals surface area contributed by atoms with Crippen LogP contribution >= 0.6 is 0 Å². The summed E-state index contributed by atoms with van der Waals surface area (Å²) >= 11 is 0. The van der Waals surface area contributed by atoms with Gasteiger partial charge in [-0.3, -0.25) is 24.0 Å². The molecule has 3 unspecified atom stereocenters. The van der Waals surface area contributed by atoms with Gasteiger partial charge in [0.1, 0.15) is 23.8 Å². The number of Topliss-reactive ketones (excluding diaryl/α,β-unsaturated/α-hetero) is 1. The number of cyclic esters (lactones) is 1. The number of anilines is 1. The molecule has 4 heterocycles. The van der Waals surface area contributed by atoms with Crippen molar-refractivity contribution >= 4 is 29.4 Å². The fraction of sp³-hybridized carbons (Fsp3) is 0.760. The molecule has 3 saturated heterocycles. The number of carbonyl (C=O) groups is 4. The van der Waals surface area contributed by atoms with Gasteiger partial charge in [0.05, 0.1) is 36.1 Å². The van der Waals surface area contributed by atoms with Gasteiger partial charge in [0.15, 0.2) is 17.7 Å². The highest BCUT2D eigenvalue weighted by atomic mass is 16.7. The van der Waals surface area contributed by atoms with Crippen molar-refractivity contribution < 1.29 is 48.0 Å². The number of methoxy groups -OCH3 is 1. The molecule has 3 aliphatic rings. The van der Waals surface area contributed by atoms with E-state index in [1.807, 2.05) is 84.1 Å². The molecule has 3 aliphatic heterocycles. The van der Waals surface area contributed by atoms with E-state index >= 15 is 0 Å². The lowest BCUT2D eigenvalue weighted by atomic mass is 9.78. The lowest BCUT2D eigenvalue weighted by Gasteiger charge is -2.47. The first-order valence-corrected chi connectivity index (χ1v) is 22.1. The van der Waals surface area contributed by atoms with Crippen LogP contribution in [0.1, 0.15) is 132 Å². The van der Waals surface area contributed by atoms with Gasteiger partial charge in [-0.15, -0.1) is 5.10 Å². The van der Waals surface area contributed by atoms with Crippen LogP contribution in [0, 0.1) is 17.8 Å². The molecule has 2 aromatic rings. The fourth-order valence-electron chi connectivity index (χ4n) is 10.0. The van der Waals surface area contributed by atoms with E-state index in [0.717, 1.165) is 5.56 Å². The van der Waals surface area contributed by atoms with Crippen molar-refractivity contribution in [2.45, 2.75) is 198 Å². The summed E-state index contributed by atoms with van der Waals surface area (Å²) in [6.07, 6.45) is -0.698. The van der Waals surface area contributed by atoms with Crippen LogP contribution in [0.15, 0.2) is 30.5 Å². The SMILES string of the molecule is C.C.C.C.C.CC[C@H]1OC(=O)[C@H](C)C(=O)[C@@H](C)[C@@H](O[C@@H]2OC(C)CC(N(C)C)C2O)[C@](C)(OC)C[C@@H](C)CN(C(C)=O)[C@H](C)[C@H]2N(CCCCn3cc(-c4cccc(N)c4)nn3)C(=O)O[C@]12C. The Hall–Kier alpha value is -4.16. The van der Waals surface area contributed by atoms with E-state index in [4.69, 9.17) is 29.4 Å². The van der Waals surface area contributed by atoms with Gasteiger partial charge in [-0.2, -0.15) is 0 Å². The number of aliphatic hydroxyl groups is 1. The highest BCUT2D eigenvalue weighted by Crippen LogP contribution is 2.41. The van der Waals surface area contributed by atoms with E-state index < -0.39 is 77.6 Å². The molecule has 3 fully saturated rings. The van der Waals surface area contributed by atoms with Crippen molar-refractivity contribution in [2.24, 2.45) is 17.8 Å². The quantitative estimate of drug-likeness (QED) is 0.0960. The van der Waals surface area contributed by atoms with E-state index in [9.17, 15) is 24.3 Å². The number of nitrogens with two attached hydrogens (primary N) is 1. The first kappa shape index (κ1) is 62.8. The maximum atomic E-state index is 14.5. The number of likely N-dealkylation sites (N-methyl/N-ethyl adjacent to an activating group) is 1. The largest absolute Gasteiger partial charge is 0.458 e. The molecular formula is C50H91N7O10. The molecule has 13 atom stereocenters. The predicted molar refractivity (Wildman–Crippen MR) is 265 cm³/mol. The highest BCUT2D eigenvalue weighted by Gasteiger charge is 2.60. The van der Waals surface area contributed by atoms with Crippen molar-refractivity contribution in [1.29, 1.82) is 0 Å². The van der Waals surface area contributed by atoms with E-state index in [1.54, 1.807) is 35.4 Å². The number of hydrogen-bond donors (Lipinski definition) is 2. The molecule has 386 valence electrons. The van der Waals surface area contributed by atoms with Crippen molar-refractivity contribution in [1.82, 2.24) is 29.7 Å². The number of benzene rings is 1. The van der Waals surface area contributed by atoms with E-state index in [-0.39, 0.29) is 74.1 Å². The van der Waals surface area contributed by atoms with Crippen LogP contribution in [0.5, 0.6) is 0 Å². The molecule has 0 saturated carbocycles. The normalized spacial score (nSPS) is 32.6. The zero-order valence-corrected chi connectivity index (χ0v) is 38.8. The third-order valence-electron chi connectivity index (χ3n) is 13.4. The first-order valence-electron chi connectivity index (χ1n) is 22.1. The van der Waals surface area contributed by atoms with Gasteiger partial charge in [0, 0.05) is 56.9 Å². The van der Waals surface area contributed by atoms with Gasteiger partial charge in [-0.1, -0.05) is 75.3 Å². The summed E-state index contributed by atoms with van der Waals surface area (Å²) < 4.78 is 33.3. The number of carbonyl (C=O) groups excluding carboxylic acids is 4. The Morgan fingerprint density at radius 2 is 1.66 bits per heavy atom. The third-order valence-corrected chi connectivity index (χ3v) is 13.4. The number of esters is 1. The summed E-state index contributed by atoms with van der Waals surface area (Å²) in [7, 11) is 5.31. The Bertz CT molecular complexity index is 1880. The van der Waals surface area contributed by atoms with Gasteiger partial charge in [0.25, 0.3) is 0 Å². The first-order chi connectivity index (χ1) is 29.1. The van der Waals surface area contributed by atoms with Crippen LogP contribution in [0.4, 0.5) is 10.5 Å². The lowest BCUT2D eigenvalue weighted by molar-refractivity contribution is -0.295. The topological polar surface area (TPSA) is 201 Å². The number of nitrogen functional groups attached to an aromatic ring is 1. The second-order valence-corrected chi connectivity index (χ2v) is 18.5. The summed E-state index contributed by atoms with van der Waals surface area (Å²) in [6, 6.07) is 5.82. The summed E-state index contributed by atoms with van der Waals surface area (Å²) in [5.41, 5.74) is 5.59. The molecule has 1 aromatic carbocycles. The highest BCUT2D eigenvalue weighted by molar-refractivity contribution is 6.00. The number of hydrogen-bond acceptors (Lipinski definition) is 14. The zero-order chi connectivity index (χ0) is 45.8. The van der Waals surface area contributed by atoms with Gasteiger partial charge in [-0.25, -0.2) is 4.79 Å². The number of ether oxygens (including phenoxy) is 5. The number of unbranched alkanes of at least 4 members (excludes halogenated alkanes) is 1. The van der Waals surface area contributed by atoms with Crippen molar-refractivity contribution in [3.8, 4) is 11.3 Å². The number of ketones is 1. The smallest absolute Gasteiger partial charge is 0.410 e. The van der Waals surface area contributed by atoms with Crippen molar-refractivity contribution in [3.63, 3.8) is 0 Å². The average molecular weight is 950 g/mol. The Morgan fingerprint density at radius 1 is 1.01 bits per heavy atom. The average Bonchev–Trinajstić information content (AvgIpc) is 3.80. The Morgan fingerprint density at radius 3 is 2.24 bits per heavy atom. The molecule has 0 radical (unpaired) electrons. The van der Waals surface area contributed by atoms with Crippen LogP contribution in [0.2, 0.25) is 0 Å². The van der Waals surface area contributed by atoms with Gasteiger partial charge >= 0.3 is 12.1 Å². The number of aryl methyl sites for hydroxylation is 1. The van der Waals surface area contributed by atoms with Crippen LogP contribution in [0.3, 0.4) is 0 Å².